The van der Waals surface area contributed by atoms with E-state index in [-0.39, 0.29) is 11.9 Å². The Balaban J connectivity index is 2.35. The second-order valence-electron chi connectivity index (χ2n) is 5.57. The molecular weight excluding hydrogens is 317 g/mol. The topological polar surface area (TPSA) is 34.0 Å². The smallest absolute Gasteiger partial charge is 0.490 e. The molecule has 6 heteroatoms. The van der Waals surface area contributed by atoms with E-state index in [1.54, 1.807) is 48.5 Å². The number of hydrogen-bond donors (Lipinski definition) is 0. The van der Waals surface area contributed by atoms with E-state index in [1.165, 1.54) is 0 Å². The van der Waals surface area contributed by atoms with Crippen molar-refractivity contribution in [3.05, 3.63) is 64.7 Å². The molecule has 0 amide bonds. The van der Waals surface area contributed by atoms with E-state index < -0.39 is 6.30 Å². The fraction of sp³-hybridized carbons (Fsp3) is 0.222. The molecule has 24 heavy (non-hydrogen) atoms. The number of amidine groups is 1. The molecule has 0 atom stereocenters. The predicted octanol–water partition coefficient (Wildman–Crippen LogP) is 3.22. The number of halogens is 3. The molecule has 1 heterocycles. The number of nitrogens with zero attached hydrogens (tertiary/aromatic N) is 2. The summed E-state index contributed by atoms with van der Waals surface area (Å²) in [7, 11) is 0. The Morgan fingerprint density at radius 3 is 2.33 bits per heavy atom. The first-order valence-electron chi connectivity index (χ1n) is 7.46. The normalized spacial score (nSPS) is 15.6. The highest BCUT2D eigenvalue weighted by Crippen LogP contribution is 2.23. The first-order chi connectivity index (χ1) is 11.3. The third kappa shape index (κ3) is 3.32. The Hall–Kier alpha value is -2.63. The summed E-state index contributed by atoms with van der Waals surface area (Å²) < 4.78 is 44.3. The maximum absolute atomic E-state index is 12.8. The van der Waals surface area contributed by atoms with Gasteiger partial charge in [-0.05, 0) is 31.5 Å². The second-order valence-corrected chi connectivity index (χ2v) is 5.57. The molecule has 0 aromatic heterocycles. The average molecular weight is 332 g/mol. The minimum atomic E-state index is -4.69. The van der Waals surface area contributed by atoms with Crippen molar-refractivity contribution >= 4 is 11.4 Å². The van der Waals surface area contributed by atoms with Crippen molar-refractivity contribution in [2.45, 2.75) is 26.3 Å². The van der Waals surface area contributed by atoms with Crippen molar-refractivity contribution in [2.75, 3.05) is 0 Å². The molecule has 1 aliphatic rings. The summed E-state index contributed by atoms with van der Waals surface area (Å²) in [6.45, 7) is 3.72. The van der Waals surface area contributed by atoms with Crippen LogP contribution in [-0.4, -0.2) is 18.2 Å². The zero-order valence-electron chi connectivity index (χ0n) is 13.1. The van der Waals surface area contributed by atoms with Crippen molar-refractivity contribution in [3.63, 3.8) is 0 Å². The van der Waals surface area contributed by atoms with Crippen molar-refractivity contribution < 1.29 is 17.9 Å². The number of hydrogen-bond acceptors (Lipinski definition) is 2. The lowest BCUT2D eigenvalue weighted by atomic mass is 10.0. The number of ether oxygens (including phenoxy) is 1. The highest BCUT2D eigenvalue weighted by molar-refractivity contribution is 6.24. The van der Waals surface area contributed by atoms with Gasteiger partial charge < -0.3 is 4.74 Å². The molecule has 0 N–H and O–H groups in total. The summed E-state index contributed by atoms with van der Waals surface area (Å²) in [5.41, 5.74) is 0.946. The van der Waals surface area contributed by atoms with E-state index in [1.807, 2.05) is 13.8 Å². The van der Waals surface area contributed by atoms with Crippen LogP contribution in [0.2, 0.25) is 0 Å². The lowest BCUT2D eigenvalue weighted by Crippen LogP contribution is -2.27. The zero-order valence-corrected chi connectivity index (χ0v) is 13.1. The molecule has 0 spiro atoms. The van der Waals surface area contributed by atoms with Gasteiger partial charge in [0.2, 0.25) is 0 Å². The van der Waals surface area contributed by atoms with Crippen LogP contribution in [0.15, 0.2) is 58.5 Å². The van der Waals surface area contributed by atoms with Crippen LogP contribution in [0, 0.1) is 0 Å². The summed E-state index contributed by atoms with van der Waals surface area (Å²) in [5.74, 6) is 0.154. The summed E-state index contributed by atoms with van der Waals surface area (Å²) in [6.07, 6.45) is -4.81. The molecule has 0 bridgehead atoms. The lowest BCUT2D eigenvalue weighted by molar-refractivity contribution is -0.119. The molecule has 2 aromatic carbocycles. The molecule has 124 valence electrons. The van der Waals surface area contributed by atoms with E-state index in [4.69, 9.17) is 4.74 Å². The van der Waals surface area contributed by atoms with E-state index >= 15 is 0 Å². The van der Waals surface area contributed by atoms with Gasteiger partial charge in [-0.3, -0.25) is 0 Å². The van der Waals surface area contributed by atoms with Crippen LogP contribution >= 0.6 is 0 Å². The van der Waals surface area contributed by atoms with Crippen LogP contribution in [0.25, 0.3) is 5.57 Å². The molecule has 0 fully saturated rings. The van der Waals surface area contributed by atoms with Gasteiger partial charge in [0.15, 0.2) is 5.84 Å². The highest BCUT2D eigenvalue weighted by atomic mass is 19.4. The molecule has 0 saturated heterocycles. The molecule has 0 aliphatic carbocycles. The molecule has 3 nitrogen and oxygen atoms in total. The minimum Gasteiger partial charge on any atom is -0.490 e. The van der Waals surface area contributed by atoms with Gasteiger partial charge in [-0.15, -0.1) is 13.2 Å². The van der Waals surface area contributed by atoms with E-state index in [0.717, 1.165) is 0 Å². The van der Waals surface area contributed by atoms with Crippen molar-refractivity contribution in [3.8, 4) is 5.75 Å². The van der Waals surface area contributed by atoms with Crippen LogP contribution in [-0.2, 0) is 0 Å². The van der Waals surface area contributed by atoms with Crippen LogP contribution in [0.3, 0.4) is 0 Å². The summed E-state index contributed by atoms with van der Waals surface area (Å²) in [4.78, 5) is 6.93. The van der Waals surface area contributed by atoms with Crippen LogP contribution in [0.5, 0.6) is 5.75 Å². The third-order valence-corrected chi connectivity index (χ3v) is 3.36. The van der Waals surface area contributed by atoms with Crippen LogP contribution in [0.1, 0.15) is 19.4 Å². The van der Waals surface area contributed by atoms with Gasteiger partial charge in [0.05, 0.1) is 16.7 Å². The van der Waals surface area contributed by atoms with E-state index in [2.05, 4.69) is 9.98 Å². The molecule has 0 saturated carbocycles. The Bertz CT molecular complexity index is 900. The summed E-state index contributed by atoms with van der Waals surface area (Å²) in [6, 6.07) is 13.9. The lowest BCUT2D eigenvalue weighted by Gasteiger charge is -2.11. The zero-order chi connectivity index (χ0) is 17.3. The third-order valence-electron chi connectivity index (χ3n) is 3.36. The standard InChI is InChI=1S/C18H15F3N2O/c1-11(2)24-14-10-6-9-13-16(14)15(12-7-4-3-5-8-12)17(22-13)23-18(19,20)21/h3-11H,1-2H3. The number of benzene rings is 2. The minimum absolute atomic E-state index is 0.114. The molecule has 0 unspecified atom stereocenters. The van der Waals surface area contributed by atoms with Gasteiger partial charge in [-0.2, -0.15) is 4.99 Å². The van der Waals surface area contributed by atoms with Crippen molar-refractivity contribution in [1.29, 1.82) is 0 Å². The molecule has 3 rings (SSSR count). The molecule has 0 radical (unpaired) electrons. The number of fused-ring (bicyclic) bond motifs is 1. The maximum atomic E-state index is 12.8. The summed E-state index contributed by atoms with van der Waals surface area (Å²) >= 11 is 0. The summed E-state index contributed by atoms with van der Waals surface area (Å²) in [5, 5.41) is 0.968. The maximum Gasteiger partial charge on any atom is 0.505 e. The van der Waals surface area contributed by atoms with Crippen LogP contribution in [0.4, 0.5) is 13.2 Å². The Morgan fingerprint density at radius 2 is 1.71 bits per heavy atom. The second kappa shape index (κ2) is 6.11. The number of aliphatic imine (C=N–C) groups is 1. The van der Waals surface area contributed by atoms with Gasteiger partial charge in [0, 0.05) is 5.57 Å². The molecule has 1 aliphatic heterocycles. The van der Waals surface area contributed by atoms with E-state index in [0.29, 0.717) is 27.5 Å². The van der Waals surface area contributed by atoms with Crippen LogP contribution < -0.4 is 15.3 Å². The Kier molecular flexibility index (Phi) is 4.13. The first-order valence-corrected chi connectivity index (χ1v) is 7.46. The van der Waals surface area contributed by atoms with Gasteiger partial charge in [0.1, 0.15) is 5.75 Å². The van der Waals surface area contributed by atoms with Crippen molar-refractivity contribution in [2.24, 2.45) is 9.98 Å². The number of rotatable bonds is 3. The van der Waals surface area contributed by atoms with Crippen molar-refractivity contribution in [1.82, 2.24) is 0 Å². The SMILES string of the molecule is CC(C)Oc1cccc2c1=C(c1ccccc1)C(=NC(F)(F)F)N=2. The molecule has 2 aromatic rings. The monoisotopic (exact) mass is 332 g/mol. The highest BCUT2D eigenvalue weighted by Gasteiger charge is 2.30. The fourth-order valence-electron chi connectivity index (χ4n) is 2.58. The quantitative estimate of drug-likeness (QED) is 0.795. The van der Waals surface area contributed by atoms with Gasteiger partial charge in [0.25, 0.3) is 0 Å². The fourth-order valence-corrected chi connectivity index (χ4v) is 2.58. The van der Waals surface area contributed by atoms with Gasteiger partial charge >= 0.3 is 6.30 Å². The first kappa shape index (κ1) is 16.2. The Morgan fingerprint density at radius 1 is 1.00 bits per heavy atom. The Labute approximate surface area is 136 Å². The predicted molar refractivity (Wildman–Crippen MR) is 85.4 cm³/mol. The molecular formula is C18H15F3N2O. The van der Waals surface area contributed by atoms with Gasteiger partial charge in [-0.1, -0.05) is 36.4 Å². The largest absolute Gasteiger partial charge is 0.505 e. The number of alkyl halides is 3. The van der Waals surface area contributed by atoms with E-state index in [9.17, 15) is 13.2 Å². The average Bonchev–Trinajstić information content (AvgIpc) is 2.84. The van der Waals surface area contributed by atoms with Gasteiger partial charge in [-0.25, -0.2) is 4.99 Å².